The minimum absolute atomic E-state index is 0.105. The van der Waals surface area contributed by atoms with Crippen molar-refractivity contribution in [2.75, 3.05) is 0 Å². The van der Waals surface area contributed by atoms with Crippen LogP contribution in [-0.2, 0) is 0 Å². The van der Waals surface area contributed by atoms with E-state index < -0.39 is 4.92 Å². The van der Waals surface area contributed by atoms with Crippen LogP contribution in [0.5, 0.6) is 0 Å². The van der Waals surface area contributed by atoms with Gasteiger partial charge in [-0.25, -0.2) is 4.98 Å². The molecule has 6 nitrogen and oxygen atoms in total. The molecule has 0 bridgehead atoms. The monoisotopic (exact) mass is 322 g/mol. The topological polar surface area (TPSA) is 95.6 Å². The van der Waals surface area contributed by atoms with Crippen molar-refractivity contribution in [3.63, 3.8) is 0 Å². The van der Waals surface area contributed by atoms with Gasteiger partial charge in [-0.1, -0.05) is 30.3 Å². The van der Waals surface area contributed by atoms with E-state index >= 15 is 0 Å². The van der Waals surface area contributed by atoms with Gasteiger partial charge in [0.2, 0.25) is 0 Å². The highest BCUT2D eigenvalue weighted by Crippen LogP contribution is 2.34. The van der Waals surface area contributed by atoms with Gasteiger partial charge < -0.3 is 4.98 Å². The molecule has 112 valence electrons. The van der Waals surface area contributed by atoms with Crippen LogP contribution in [0.2, 0.25) is 0 Å². The zero-order chi connectivity index (χ0) is 16.2. The molecule has 1 aromatic heterocycles. The van der Waals surface area contributed by atoms with Crippen LogP contribution >= 0.6 is 11.8 Å². The summed E-state index contributed by atoms with van der Waals surface area (Å²) in [4.78, 5) is 18.5. The molecule has 0 amide bonds. The number of aromatic nitrogens is 2. The van der Waals surface area contributed by atoms with Gasteiger partial charge >= 0.3 is 0 Å². The Bertz CT molecular complexity index is 900. The van der Waals surface area contributed by atoms with Crippen molar-refractivity contribution >= 4 is 17.4 Å². The zero-order valence-corrected chi connectivity index (χ0v) is 12.6. The fourth-order valence-electron chi connectivity index (χ4n) is 2.04. The number of imidazole rings is 1. The van der Waals surface area contributed by atoms with E-state index in [1.54, 1.807) is 18.3 Å². The third kappa shape index (κ3) is 3.22. The predicted molar refractivity (Wildman–Crippen MR) is 86.0 cm³/mol. The number of nitro groups is 1. The van der Waals surface area contributed by atoms with Gasteiger partial charge in [0.25, 0.3) is 5.69 Å². The van der Waals surface area contributed by atoms with Gasteiger partial charge in [-0.2, -0.15) is 5.26 Å². The Kier molecular flexibility index (Phi) is 4.08. The van der Waals surface area contributed by atoms with Crippen LogP contribution in [0.1, 0.15) is 5.56 Å². The Morgan fingerprint density at radius 1 is 1.22 bits per heavy atom. The van der Waals surface area contributed by atoms with E-state index in [1.807, 2.05) is 36.4 Å². The Hall–Kier alpha value is -3.11. The average molecular weight is 322 g/mol. The lowest BCUT2D eigenvalue weighted by atomic mass is 10.2. The molecule has 0 saturated heterocycles. The number of hydrogen-bond acceptors (Lipinski definition) is 5. The van der Waals surface area contributed by atoms with E-state index in [1.165, 1.54) is 6.07 Å². The molecule has 0 saturated carbocycles. The molecule has 0 spiro atoms. The number of rotatable bonds is 4. The number of nitriles is 1. The molecule has 0 atom stereocenters. The second-order valence-electron chi connectivity index (χ2n) is 4.62. The van der Waals surface area contributed by atoms with Crippen molar-refractivity contribution < 1.29 is 4.92 Å². The van der Waals surface area contributed by atoms with Gasteiger partial charge in [0.05, 0.1) is 33.3 Å². The Morgan fingerprint density at radius 3 is 2.70 bits per heavy atom. The smallest absolute Gasteiger partial charge is 0.284 e. The molecule has 1 heterocycles. The standard InChI is InChI=1S/C16H10N4O2S/c17-9-11-6-7-15(14(8-11)20(21)22)23-16-18-10-13(19-16)12-4-2-1-3-5-12/h1-8,10H,(H,18,19). The molecule has 0 aliphatic heterocycles. The second kappa shape index (κ2) is 6.34. The molecular formula is C16H10N4O2S. The summed E-state index contributed by atoms with van der Waals surface area (Å²) in [5, 5.41) is 20.6. The van der Waals surface area contributed by atoms with Crippen LogP contribution in [0.15, 0.2) is 64.8 Å². The zero-order valence-electron chi connectivity index (χ0n) is 11.8. The maximum absolute atomic E-state index is 11.2. The number of nitro benzene ring substituents is 1. The molecule has 23 heavy (non-hydrogen) atoms. The fourth-order valence-corrected chi connectivity index (χ4v) is 2.89. The highest BCUT2D eigenvalue weighted by molar-refractivity contribution is 7.99. The molecule has 0 aliphatic carbocycles. The van der Waals surface area contributed by atoms with Gasteiger partial charge in [-0.05, 0) is 29.5 Å². The minimum Gasteiger partial charge on any atom is -0.333 e. The van der Waals surface area contributed by atoms with E-state index in [9.17, 15) is 10.1 Å². The van der Waals surface area contributed by atoms with Gasteiger partial charge in [0.1, 0.15) is 0 Å². The second-order valence-corrected chi connectivity index (χ2v) is 5.65. The molecule has 3 rings (SSSR count). The molecule has 0 fully saturated rings. The van der Waals surface area contributed by atoms with E-state index in [0.29, 0.717) is 10.1 Å². The lowest BCUT2D eigenvalue weighted by Gasteiger charge is -2.01. The predicted octanol–water partition coefficient (Wildman–Crippen LogP) is 4.01. The summed E-state index contributed by atoms with van der Waals surface area (Å²) in [6.45, 7) is 0. The van der Waals surface area contributed by atoms with Crippen molar-refractivity contribution in [1.29, 1.82) is 5.26 Å². The summed E-state index contributed by atoms with van der Waals surface area (Å²) in [6.07, 6.45) is 1.69. The van der Waals surface area contributed by atoms with Crippen LogP contribution in [0.3, 0.4) is 0 Å². The lowest BCUT2D eigenvalue weighted by molar-refractivity contribution is -0.387. The van der Waals surface area contributed by atoms with Gasteiger partial charge in [-0.15, -0.1) is 0 Å². The third-order valence-corrected chi connectivity index (χ3v) is 4.09. The third-order valence-electron chi connectivity index (χ3n) is 3.13. The van der Waals surface area contributed by atoms with Crippen LogP contribution in [0.25, 0.3) is 11.3 Å². The van der Waals surface area contributed by atoms with Crippen molar-refractivity contribution in [3.8, 4) is 17.3 Å². The first kappa shape index (κ1) is 14.8. The first-order chi connectivity index (χ1) is 11.2. The quantitative estimate of drug-likeness (QED) is 0.578. The summed E-state index contributed by atoms with van der Waals surface area (Å²) in [6, 6.07) is 16.0. The summed E-state index contributed by atoms with van der Waals surface area (Å²) in [5.74, 6) is 0. The van der Waals surface area contributed by atoms with E-state index in [-0.39, 0.29) is 11.3 Å². The number of hydrogen-bond donors (Lipinski definition) is 1. The summed E-state index contributed by atoms with van der Waals surface area (Å²) in [7, 11) is 0. The van der Waals surface area contributed by atoms with Gasteiger partial charge in [0.15, 0.2) is 5.16 Å². The van der Waals surface area contributed by atoms with Crippen LogP contribution in [0, 0.1) is 21.4 Å². The largest absolute Gasteiger partial charge is 0.333 e. The highest BCUT2D eigenvalue weighted by atomic mass is 32.2. The molecule has 3 aromatic rings. The number of aromatic amines is 1. The lowest BCUT2D eigenvalue weighted by Crippen LogP contribution is -1.92. The highest BCUT2D eigenvalue weighted by Gasteiger charge is 2.17. The molecular weight excluding hydrogens is 312 g/mol. The first-order valence-corrected chi connectivity index (χ1v) is 7.46. The Balaban J connectivity index is 1.90. The fraction of sp³-hybridized carbons (Fsp3) is 0. The van der Waals surface area contributed by atoms with Crippen LogP contribution < -0.4 is 0 Å². The Morgan fingerprint density at radius 2 is 2.00 bits per heavy atom. The number of benzene rings is 2. The van der Waals surface area contributed by atoms with E-state index in [4.69, 9.17) is 5.26 Å². The van der Waals surface area contributed by atoms with Crippen molar-refractivity contribution in [3.05, 3.63) is 70.4 Å². The number of H-pyrrole nitrogens is 1. The van der Waals surface area contributed by atoms with Crippen molar-refractivity contribution in [1.82, 2.24) is 9.97 Å². The number of nitrogens with one attached hydrogen (secondary N) is 1. The molecule has 0 unspecified atom stereocenters. The van der Waals surface area contributed by atoms with Gasteiger partial charge in [-0.3, -0.25) is 10.1 Å². The number of nitrogens with zero attached hydrogens (tertiary/aromatic N) is 3. The van der Waals surface area contributed by atoms with Crippen molar-refractivity contribution in [2.45, 2.75) is 10.1 Å². The first-order valence-electron chi connectivity index (χ1n) is 6.64. The minimum atomic E-state index is -0.496. The summed E-state index contributed by atoms with van der Waals surface area (Å²) < 4.78 is 0. The van der Waals surface area contributed by atoms with E-state index in [2.05, 4.69) is 9.97 Å². The molecule has 7 heteroatoms. The van der Waals surface area contributed by atoms with Gasteiger partial charge in [0, 0.05) is 6.07 Å². The maximum Gasteiger partial charge on any atom is 0.284 e. The maximum atomic E-state index is 11.2. The average Bonchev–Trinajstić information content (AvgIpc) is 3.04. The summed E-state index contributed by atoms with van der Waals surface area (Å²) in [5.41, 5.74) is 1.97. The molecule has 0 aliphatic rings. The molecule has 1 N–H and O–H groups in total. The SMILES string of the molecule is N#Cc1ccc(Sc2ncc(-c3ccccc3)[nH]2)c([N+](=O)[O-])c1. The Labute approximate surface area is 136 Å². The normalized spacial score (nSPS) is 10.2. The van der Waals surface area contributed by atoms with Crippen LogP contribution in [-0.4, -0.2) is 14.9 Å². The molecule has 0 radical (unpaired) electrons. The molecule has 2 aromatic carbocycles. The van der Waals surface area contributed by atoms with Crippen LogP contribution in [0.4, 0.5) is 5.69 Å². The van der Waals surface area contributed by atoms with E-state index in [0.717, 1.165) is 23.0 Å². The van der Waals surface area contributed by atoms with Crippen molar-refractivity contribution in [2.24, 2.45) is 0 Å². The summed E-state index contributed by atoms with van der Waals surface area (Å²) >= 11 is 1.16.